The topological polar surface area (TPSA) is 45.4 Å². The van der Waals surface area contributed by atoms with Crippen LogP contribution in [0.15, 0.2) is 48.5 Å². The minimum Gasteiger partial charge on any atom is -0.618 e. The van der Waals surface area contributed by atoms with Crippen molar-refractivity contribution in [2.24, 2.45) is 0 Å². The normalized spacial score (nSPS) is 10.7. The van der Waals surface area contributed by atoms with E-state index in [1.54, 1.807) is 26.2 Å². The Kier molecular flexibility index (Phi) is 4.06. The summed E-state index contributed by atoms with van der Waals surface area (Å²) >= 11 is 0. The molecule has 0 bridgehead atoms. The Labute approximate surface area is 135 Å². The second-order valence-electron chi connectivity index (χ2n) is 5.49. The summed E-state index contributed by atoms with van der Waals surface area (Å²) in [6.45, 7) is 4.17. The number of fused-ring (bicyclic) bond motifs is 1. The molecule has 0 N–H and O–H groups in total. The number of rotatable bonds is 4. The fourth-order valence-electron chi connectivity index (χ4n) is 2.62. The van der Waals surface area contributed by atoms with Crippen LogP contribution < -0.4 is 14.2 Å². The molecule has 118 valence electrons. The largest absolute Gasteiger partial charge is 0.618 e. The van der Waals surface area contributed by atoms with E-state index in [1.807, 2.05) is 43.3 Å². The molecule has 0 atom stereocenters. The van der Waals surface area contributed by atoms with Crippen molar-refractivity contribution in [3.05, 3.63) is 70.6 Å². The summed E-state index contributed by atoms with van der Waals surface area (Å²) in [4.78, 5) is 0. The zero-order valence-corrected chi connectivity index (χ0v) is 13.5. The Morgan fingerprint density at radius 2 is 1.78 bits per heavy atom. The van der Waals surface area contributed by atoms with E-state index in [-0.39, 0.29) is 0 Å². The first kappa shape index (κ1) is 15.2. The predicted octanol–water partition coefficient (Wildman–Crippen LogP) is 3.68. The van der Waals surface area contributed by atoms with E-state index in [0.29, 0.717) is 23.6 Å². The van der Waals surface area contributed by atoms with Crippen LogP contribution in [0.2, 0.25) is 0 Å². The summed E-state index contributed by atoms with van der Waals surface area (Å²) < 4.78 is 12.3. The first-order valence-electron chi connectivity index (χ1n) is 7.49. The monoisotopic (exact) mass is 309 g/mol. The summed E-state index contributed by atoms with van der Waals surface area (Å²) in [7, 11) is 1.61. The number of hydrogen-bond donors (Lipinski definition) is 0. The van der Waals surface area contributed by atoms with Crippen LogP contribution in [0.25, 0.3) is 10.9 Å². The van der Waals surface area contributed by atoms with Crippen LogP contribution in [-0.2, 0) is 6.61 Å². The Balaban J connectivity index is 2.10. The number of ether oxygens (including phenoxy) is 2. The molecule has 0 radical (unpaired) electrons. The van der Waals surface area contributed by atoms with E-state index in [4.69, 9.17) is 9.47 Å². The summed E-state index contributed by atoms with van der Waals surface area (Å²) in [5.74, 6) is 1.43. The van der Waals surface area contributed by atoms with E-state index in [0.717, 1.165) is 27.0 Å². The third-order valence-electron chi connectivity index (χ3n) is 4.08. The average molecular weight is 309 g/mol. The van der Waals surface area contributed by atoms with Crippen LogP contribution in [0.5, 0.6) is 11.5 Å². The molecule has 0 saturated heterocycles. The molecule has 0 amide bonds. The minimum absolute atomic E-state index is 0.455. The molecule has 0 aliphatic carbocycles. The highest BCUT2D eigenvalue weighted by Crippen LogP contribution is 2.32. The molecule has 0 aliphatic heterocycles. The second-order valence-corrected chi connectivity index (χ2v) is 5.49. The van der Waals surface area contributed by atoms with Crippen molar-refractivity contribution >= 4 is 10.9 Å². The molecule has 0 spiro atoms. The molecule has 0 aliphatic rings. The van der Waals surface area contributed by atoms with Gasteiger partial charge in [0.15, 0.2) is 5.69 Å². The maximum Gasteiger partial charge on any atom is 0.228 e. The minimum atomic E-state index is 0.455. The lowest BCUT2D eigenvalue weighted by molar-refractivity contribution is -0.584. The van der Waals surface area contributed by atoms with Gasteiger partial charge in [-0.25, -0.2) is 0 Å². The molecular weight excluding hydrogens is 290 g/mol. The molecule has 4 heteroatoms. The zero-order valence-electron chi connectivity index (χ0n) is 13.5. The molecule has 0 fully saturated rings. The number of methoxy groups -OCH3 is 1. The lowest BCUT2D eigenvalue weighted by atomic mass is 10.1. The smallest absolute Gasteiger partial charge is 0.228 e. The van der Waals surface area contributed by atoms with Gasteiger partial charge in [-0.3, -0.25) is 0 Å². The molecule has 23 heavy (non-hydrogen) atoms. The van der Waals surface area contributed by atoms with Crippen molar-refractivity contribution in [1.29, 1.82) is 0 Å². The van der Waals surface area contributed by atoms with Gasteiger partial charge in [0.1, 0.15) is 18.1 Å². The van der Waals surface area contributed by atoms with Gasteiger partial charge in [-0.2, -0.15) is 4.73 Å². The molecule has 1 aromatic heterocycles. The van der Waals surface area contributed by atoms with Gasteiger partial charge >= 0.3 is 0 Å². The summed E-state index contributed by atoms with van der Waals surface area (Å²) in [6.07, 6.45) is 0. The van der Waals surface area contributed by atoms with Crippen molar-refractivity contribution in [1.82, 2.24) is 0 Å². The molecule has 3 aromatic rings. The third kappa shape index (κ3) is 2.80. The van der Waals surface area contributed by atoms with Gasteiger partial charge in [-0.15, -0.1) is 0 Å². The third-order valence-corrected chi connectivity index (χ3v) is 4.08. The van der Waals surface area contributed by atoms with Crippen LogP contribution in [0, 0.1) is 19.1 Å². The van der Waals surface area contributed by atoms with E-state index >= 15 is 0 Å². The number of pyridine rings is 1. The van der Waals surface area contributed by atoms with Crippen LogP contribution in [0.3, 0.4) is 0 Å². The van der Waals surface area contributed by atoms with Crippen LogP contribution >= 0.6 is 0 Å². The predicted molar refractivity (Wildman–Crippen MR) is 89.7 cm³/mol. The number of hydrogen-bond acceptors (Lipinski definition) is 3. The van der Waals surface area contributed by atoms with Crippen LogP contribution in [0.4, 0.5) is 0 Å². The molecule has 1 heterocycles. The highest BCUT2D eigenvalue weighted by molar-refractivity contribution is 5.85. The summed E-state index contributed by atoms with van der Waals surface area (Å²) in [5.41, 5.74) is 3.15. The van der Waals surface area contributed by atoms with E-state index < -0.39 is 0 Å². The molecule has 0 saturated carbocycles. The molecule has 2 aromatic carbocycles. The molecule has 4 nitrogen and oxygen atoms in total. The van der Waals surface area contributed by atoms with E-state index in [1.165, 1.54) is 0 Å². The molecule has 3 rings (SSSR count). The highest BCUT2D eigenvalue weighted by Gasteiger charge is 2.19. The lowest BCUT2D eigenvalue weighted by Gasteiger charge is -2.15. The van der Waals surface area contributed by atoms with Gasteiger partial charge in [0.2, 0.25) is 5.52 Å². The van der Waals surface area contributed by atoms with Gasteiger partial charge in [0, 0.05) is 13.0 Å². The van der Waals surface area contributed by atoms with Crippen LogP contribution in [-0.4, -0.2) is 7.11 Å². The molecule has 0 unspecified atom stereocenters. The van der Waals surface area contributed by atoms with Gasteiger partial charge in [-0.1, -0.05) is 30.3 Å². The Morgan fingerprint density at radius 3 is 2.48 bits per heavy atom. The Bertz CT molecular complexity index is 844. The highest BCUT2D eigenvalue weighted by atomic mass is 16.5. The van der Waals surface area contributed by atoms with Gasteiger partial charge in [0.25, 0.3) is 0 Å². The number of aromatic nitrogens is 1. The Hall–Kier alpha value is -2.75. The van der Waals surface area contributed by atoms with Crippen molar-refractivity contribution in [3.8, 4) is 11.5 Å². The maximum absolute atomic E-state index is 12.4. The summed E-state index contributed by atoms with van der Waals surface area (Å²) in [5, 5.41) is 13.2. The second kappa shape index (κ2) is 6.16. The summed E-state index contributed by atoms with van der Waals surface area (Å²) in [6, 6.07) is 15.4. The lowest BCUT2D eigenvalue weighted by Crippen LogP contribution is -2.32. The van der Waals surface area contributed by atoms with Crippen molar-refractivity contribution in [3.63, 3.8) is 0 Å². The number of nitrogens with zero attached hydrogens (tertiary/aromatic N) is 1. The first-order chi connectivity index (χ1) is 11.1. The van der Waals surface area contributed by atoms with Crippen LogP contribution in [0.1, 0.15) is 16.8 Å². The fraction of sp³-hybridized carbons (Fsp3) is 0.211. The Morgan fingerprint density at radius 1 is 1.04 bits per heavy atom. The van der Waals surface area contributed by atoms with Crippen molar-refractivity contribution in [2.45, 2.75) is 20.5 Å². The average Bonchev–Trinajstić information content (AvgIpc) is 2.60. The standard InChI is InChI=1S/C19H19NO3/c1-13-14(2)20(21)18-10-9-16(22-3)11-17(18)19(13)23-12-15-7-5-4-6-8-15/h4-11H,12H2,1-3H3. The SMILES string of the molecule is COc1ccc2c(c1)c(OCc1ccccc1)c(C)c(C)[n+]2[O-]. The quantitative estimate of drug-likeness (QED) is 0.545. The number of benzene rings is 2. The van der Waals surface area contributed by atoms with Gasteiger partial charge < -0.3 is 14.7 Å². The van der Waals surface area contributed by atoms with Crippen molar-refractivity contribution < 1.29 is 14.2 Å². The fourth-order valence-corrected chi connectivity index (χ4v) is 2.62. The van der Waals surface area contributed by atoms with Gasteiger partial charge in [-0.05, 0) is 24.6 Å². The maximum atomic E-state index is 12.4. The van der Waals surface area contributed by atoms with Gasteiger partial charge in [0.05, 0.1) is 18.1 Å². The van der Waals surface area contributed by atoms with E-state index in [2.05, 4.69) is 0 Å². The molecular formula is C19H19NO3. The van der Waals surface area contributed by atoms with Crippen molar-refractivity contribution in [2.75, 3.05) is 7.11 Å². The first-order valence-corrected chi connectivity index (χ1v) is 7.49. The zero-order chi connectivity index (χ0) is 16.4. The van der Waals surface area contributed by atoms with E-state index in [9.17, 15) is 5.21 Å².